The maximum atomic E-state index is 13.2. The van der Waals surface area contributed by atoms with Crippen molar-refractivity contribution in [3.8, 4) is 0 Å². The number of unbranched alkanes of at least 4 members (excludes halogenated alkanes) is 2. The molecule has 0 saturated heterocycles. The Kier molecular flexibility index (Phi) is 9.89. The Morgan fingerprint density at radius 3 is 2.26 bits per heavy atom. The van der Waals surface area contributed by atoms with Crippen LogP contribution < -0.4 is 10.6 Å². The average molecular weight is 461 g/mol. The lowest BCUT2D eigenvalue weighted by Crippen LogP contribution is -2.36. The number of nitrogens with zero attached hydrogens (tertiary/aromatic N) is 2. The quantitative estimate of drug-likeness (QED) is 0.297. The minimum absolute atomic E-state index is 0.0530. The Morgan fingerprint density at radius 2 is 1.62 bits per heavy atom. The summed E-state index contributed by atoms with van der Waals surface area (Å²) in [4.78, 5) is 20.4. The van der Waals surface area contributed by atoms with Gasteiger partial charge in [-0.2, -0.15) is 0 Å². The lowest BCUT2D eigenvalue weighted by atomic mass is 10.0. The van der Waals surface area contributed by atoms with Gasteiger partial charge in [0.2, 0.25) is 0 Å². The molecule has 0 aliphatic carbocycles. The summed E-state index contributed by atoms with van der Waals surface area (Å²) in [5.74, 6) is 1.11. The molecule has 2 aromatic carbocycles. The first kappa shape index (κ1) is 25.7. The third kappa shape index (κ3) is 7.29. The highest BCUT2D eigenvalue weighted by Crippen LogP contribution is 2.24. The topological polar surface area (TPSA) is 57.3 Å². The van der Waals surface area contributed by atoms with E-state index >= 15 is 0 Å². The van der Waals surface area contributed by atoms with Crippen LogP contribution in [0.15, 0.2) is 54.6 Å². The molecule has 0 aliphatic rings. The standard InChI is InChI=1S/C29H40N4O/c1-5-7-18-33(19-8-6-2)20-17-30-29(34)26-21-28(32-27-12-10-9-11-25(26)27)31-24-15-13-23(14-16-24)22(3)4/h9-16,21-22H,5-8,17-20H2,1-4H3,(H,30,34)(H,31,32). The Labute approximate surface area is 205 Å². The fourth-order valence-electron chi connectivity index (χ4n) is 4.05. The minimum Gasteiger partial charge on any atom is -0.351 e. The van der Waals surface area contributed by atoms with Crippen molar-refractivity contribution < 1.29 is 4.79 Å². The van der Waals surface area contributed by atoms with E-state index in [9.17, 15) is 4.79 Å². The van der Waals surface area contributed by atoms with Gasteiger partial charge in [-0.25, -0.2) is 4.98 Å². The molecule has 3 rings (SSSR count). The molecule has 0 bridgehead atoms. The summed E-state index contributed by atoms with van der Waals surface area (Å²) < 4.78 is 0. The van der Waals surface area contributed by atoms with Gasteiger partial charge < -0.3 is 15.5 Å². The summed E-state index contributed by atoms with van der Waals surface area (Å²) in [6.07, 6.45) is 4.77. The third-order valence-electron chi connectivity index (χ3n) is 6.18. The Bertz CT molecular complexity index is 1040. The van der Waals surface area contributed by atoms with Gasteiger partial charge in [-0.15, -0.1) is 0 Å². The molecular weight excluding hydrogens is 420 g/mol. The van der Waals surface area contributed by atoms with Crippen molar-refractivity contribution in [3.05, 3.63) is 65.7 Å². The molecule has 3 aromatic rings. The number of rotatable bonds is 13. The molecule has 0 radical (unpaired) electrons. The summed E-state index contributed by atoms with van der Waals surface area (Å²) in [7, 11) is 0. The van der Waals surface area contributed by atoms with Crippen LogP contribution in [0.5, 0.6) is 0 Å². The molecule has 0 fully saturated rings. The second kappa shape index (κ2) is 13.1. The molecule has 1 aromatic heterocycles. The predicted octanol–water partition coefficient (Wildman–Crippen LogP) is 6.73. The number of anilines is 2. The van der Waals surface area contributed by atoms with Crippen LogP contribution in [0.3, 0.4) is 0 Å². The number of hydrogen-bond acceptors (Lipinski definition) is 4. The highest BCUT2D eigenvalue weighted by Gasteiger charge is 2.14. The first-order valence-electron chi connectivity index (χ1n) is 12.8. The number of carbonyl (C=O) groups is 1. The van der Waals surface area contributed by atoms with E-state index in [4.69, 9.17) is 4.98 Å². The van der Waals surface area contributed by atoms with Gasteiger partial charge in [0.25, 0.3) is 5.91 Å². The molecular formula is C29H40N4O. The van der Waals surface area contributed by atoms with Crippen LogP contribution in [0.25, 0.3) is 10.9 Å². The van der Waals surface area contributed by atoms with Crippen LogP contribution >= 0.6 is 0 Å². The van der Waals surface area contributed by atoms with Crippen molar-refractivity contribution in [2.75, 3.05) is 31.5 Å². The molecule has 0 atom stereocenters. The van der Waals surface area contributed by atoms with Gasteiger partial charge in [0.05, 0.1) is 11.1 Å². The highest BCUT2D eigenvalue weighted by molar-refractivity contribution is 6.07. The second-order valence-electron chi connectivity index (χ2n) is 9.28. The van der Waals surface area contributed by atoms with Crippen LogP contribution in [-0.2, 0) is 0 Å². The minimum atomic E-state index is -0.0530. The lowest BCUT2D eigenvalue weighted by Gasteiger charge is -2.22. The first-order valence-corrected chi connectivity index (χ1v) is 12.8. The van der Waals surface area contributed by atoms with E-state index in [0.29, 0.717) is 23.8 Å². The zero-order valence-electron chi connectivity index (χ0n) is 21.2. The van der Waals surface area contributed by atoms with E-state index in [-0.39, 0.29) is 5.91 Å². The average Bonchev–Trinajstić information content (AvgIpc) is 2.85. The smallest absolute Gasteiger partial charge is 0.252 e. The summed E-state index contributed by atoms with van der Waals surface area (Å²) in [6.45, 7) is 12.5. The molecule has 0 saturated carbocycles. The van der Waals surface area contributed by atoms with E-state index in [1.807, 2.05) is 30.3 Å². The maximum absolute atomic E-state index is 13.2. The van der Waals surface area contributed by atoms with Gasteiger partial charge >= 0.3 is 0 Å². The molecule has 0 unspecified atom stereocenters. The van der Waals surface area contributed by atoms with Gasteiger partial charge in [0, 0.05) is 24.2 Å². The number of hydrogen-bond donors (Lipinski definition) is 2. The predicted molar refractivity (Wildman–Crippen MR) is 144 cm³/mol. The molecule has 182 valence electrons. The van der Waals surface area contributed by atoms with Gasteiger partial charge in [-0.3, -0.25) is 4.79 Å². The Hall–Kier alpha value is -2.92. The molecule has 5 nitrogen and oxygen atoms in total. The number of amides is 1. The molecule has 0 aliphatic heterocycles. The first-order chi connectivity index (χ1) is 16.5. The largest absolute Gasteiger partial charge is 0.351 e. The van der Waals surface area contributed by atoms with E-state index in [0.717, 1.165) is 36.2 Å². The van der Waals surface area contributed by atoms with Crippen molar-refractivity contribution in [3.63, 3.8) is 0 Å². The maximum Gasteiger partial charge on any atom is 0.252 e. The van der Waals surface area contributed by atoms with Crippen LogP contribution in [0.2, 0.25) is 0 Å². The summed E-state index contributed by atoms with van der Waals surface area (Å²) in [5, 5.41) is 7.40. The molecule has 5 heteroatoms. The Balaban J connectivity index is 1.73. The number of fused-ring (bicyclic) bond motifs is 1. The summed E-state index contributed by atoms with van der Waals surface area (Å²) >= 11 is 0. The van der Waals surface area contributed by atoms with Crippen molar-refractivity contribution in [2.24, 2.45) is 0 Å². The molecule has 34 heavy (non-hydrogen) atoms. The Morgan fingerprint density at radius 1 is 0.941 bits per heavy atom. The van der Waals surface area contributed by atoms with Gasteiger partial charge in [-0.05, 0) is 61.7 Å². The fourth-order valence-corrected chi connectivity index (χ4v) is 4.05. The fraction of sp³-hybridized carbons (Fsp3) is 0.448. The summed E-state index contributed by atoms with van der Waals surface area (Å²) in [6, 6.07) is 18.1. The molecule has 1 amide bonds. The van der Waals surface area contributed by atoms with Crippen molar-refractivity contribution >= 4 is 28.3 Å². The van der Waals surface area contributed by atoms with E-state index < -0.39 is 0 Å². The van der Waals surface area contributed by atoms with E-state index in [1.54, 1.807) is 0 Å². The van der Waals surface area contributed by atoms with Crippen LogP contribution in [0.4, 0.5) is 11.5 Å². The number of nitrogens with one attached hydrogen (secondary N) is 2. The number of benzene rings is 2. The normalized spacial score (nSPS) is 11.4. The zero-order valence-corrected chi connectivity index (χ0v) is 21.2. The number of pyridine rings is 1. The van der Waals surface area contributed by atoms with Gasteiger partial charge in [-0.1, -0.05) is 70.9 Å². The molecule has 1 heterocycles. The van der Waals surface area contributed by atoms with Crippen LogP contribution in [0, 0.1) is 0 Å². The van der Waals surface area contributed by atoms with Crippen molar-refractivity contribution in [2.45, 2.75) is 59.3 Å². The molecule has 0 spiro atoms. The van der Waals surface area contributed by atoms with E-state index in [1.165, 1.54) is 31.2 Å². The van der Waals surface area contributed by atoms with Gasteiger partial charge in [0.15, 0.2) is 0 Å². The van der Waals surface area contributed by atoms with Crippen LogP contribution in [0.1, 0.15) is 75.2 Å². The second-order valence-corrected chi connectivity index (χ2v) is 9.28. The number of carbonyl (C=O) groups excluding carboxylic acids is 1. The molecule has 2 N–H and O–H groups in total. The van der Waals surface area contributed by atoms with Crippen molar-refractivity contribution in [1.82, 2.24) is 15.2 Å². The van der Waals surface area contributed by atoms with E-state index in [2.05, 4.69) is 67.5 Å². The highest BCUT2D eigenvalue weighted by atomic mass is 16.1. The van der Waals surface area contributed by atoms with Crippen molar-refractivity contribution in [1.29, 1.82) is 0 Å². The lowest BCUT2D eigenvalue weighted by molar-refractivity contribution is 0.0949. The summed E-state index contributed by atoms with van der Waals surface area (Å²) in [5.41, 5.74) is 3.72. The van der Waals surface area contributed by atoms with Crippen LogP contribution in [-0.4, -0.2) is 42.0 Å². The number of para-hydroxylation sites is 1. The zero-order chi connectivity index (χ0) is 24.3. The third-order valence-corrected chi connectivity index (χ3v) is 6.18. The van der Waals surface area contributed by atoms with Gasteiger partial charge in [0.1, 0.15) is 5.82 Å². The monoisotopic (exact) mass is 460 g/mol. The SMILES string of the molecule is CCCCN(CCCC)CCNC(=O)c1cc(Nc2ccc(C(C)C)cc2)nc2ccccc12. The number of aromatic nitrogens is 1.